The fraction of sp³-hybridized carbons (Fsp3) is 0. The molecule has 1 aliphatic heterocycles. The average molecular weight is 1120 g/mol. The number of benzene rings is 10. The average Bonchev–Trinajstić information content (AvgIpc) is 3.48. The summed E-state index contributed by atoms with van der Waals surface area (Å²) in [6.45, 7) is -5.54. The Labute approximate surface area is 434 Å². The second-order valence-corrected chi connectivity index (χ2v) is 19.0. The van der Waals surface area contributed by atoms with Crippen molar-refractivity contribution in [3.8, 4) is 33.4 Å². The van der Waals surface area contributed by atoms with Crippen LogP contribution in [-0.4, -0.2) is 13.4 Å². The third-order valence-electron chi connectivity index (χ3n) is 13.7. The van der Waals surface area contributed by atoms with E-state index in [1.54, 1.807) is 48.5 Å². The van der Waals surface area contributed by atoms with Crippen LogP contribution in [0.5, 0.6) is 0 Å². The maximum atomic E-state index is 15.3. The first kappa shape index (κ1) is 52.8. The maximum absolute atomic E-state index is 15.3. The molecule has 0 radical (unpaired) electrons. The molecule has 10 aromatic rings. The number of halogens is 20. The van der Waals surface area contributed by atoms with Gasteiger partial charge in [0.1, 0.15) is 0 Å². The van der Waals surface area contributed by atoms with E-state index in [9.17, 15) is 52.7 Å². The minimum Gasteiger partial charge on any atom is -0.204 e. The van der Waals surface area contributed by atoms with Crippen LogP contribution < -0.4 is 32.8 Å². The Morgan fingerprint density at radius 2 is 0.582 bits per heavy atom. The third kappa shape index (κ3) is 8.04. The van der Waals surface area contributed by atoms with Crippen LogP contribution in [0.3, 0.4) is 0 Å². The van der Waals surface area contributed by atoms with Crippen molar-refractivity contribution in [3.05, 3.63) is 226 Å². The zero-order chi connectivity index (χ0) is 56.5. The first-order valence-electron chi connectivity index (χ1n) is 22.6. The lowest BCUT2D eigenvalue weighted by atomic mass is 9.36. The van der Waals surface area contributed by atoms with Crippen molar-refractivity contribution < 1.29 is 87.8 Å². The molecule has 79 heavy (non-hydrogen) atoms. The molecule has 0 N–H and O–H groups in total. The van der Waals surface area contributed by atoms with E-state index >= 15 is 35.1 Å². The molecule has 0 unspecified atom stereocenters. The largest absolute Gasteiger partial charge is 0.257 e. The van der Waals surface area contributed by atoms with Crippen LogP contribution in [0.4, 0.5) is 87.8 Å². The molecular formula is C56H18B2F20S. The van der Waals surface area contributed by atoms with E-state index in [2.05, 4.69) is 0 Å². The molecule has 0 aromatic heterocycles. The van der Waals surface area contributed by atoms with E-state index in [0.717, 1.165) is 40.1 Å². The molecule has 0 aliphatic carbocycles. The number of hydrogen-bond donors (Lipinski definition) is 0. The molecular weight excluding hydrogens is 1110 g/mol. The highest BCUT2D eigenvalue weighted by atomic mass is 32.2. The Morgan fingerprint density at radius 3 is 0.962 bits per heavy atom. The zero-order valence-electron chi connectivity index (χ0n) is 38.5. The normalized spacial score (nSPS) is 12.0. The van der Waals surface area contributed by atoms with Crippen molar-refractivity contribution >= 4 is 79.5 Å². The lowest BCUT2D eigenvalue weighted by Gasteiger charge is -2.23. The van der Waals surface area contributed by atoms with E-state index in [-0.39, 0.29) is 0 Å². The van der Waals surface area contributed by atoms with Gasteiger partial charge in [0.2, 0.25) is 0 Å². The summed E-state index contributed by atoms with van der Waals surface area (Å²) in [6.07, 6.45) is 0. The van der Waals surface area contributed by atoms with Gasteiger partial charge in [-0.2, -0.15) is 0 Å². The summed E-state index contributed by atoms with van der Waals surface area (Å²) >= 11 is 1.31. The highest BCUT2D eigenvalue weighted by Gasteiger charge is 2.43. The van der Waals surface area contributed by atoms with E-state index in [4.69, 9.17) is 0 Å². The second-order valence-electron chi connectivity index (χ2n) is 17.9. The molecule has 0 spiro atoms. The van der Waals surface area contributed by atoms with Crippen LogP contribution in [0.1, 0.15) is 0 Å². The Morgan fingerprint density at radius 1 is 0.253 bits per heavy atom. The number of hydrogen-bond acceptors (Lipinski definition) is 1. The summed E-state index contributed by atoms with van der Waals surface area (Å²) in [4.78, 5) is 1.39. The molecule has 0 saturated carbocycles. The van der Waals surface area contributed by atoms with Crippen molar-refractivity contribution in [2.75, 3.05) is 0 Å². The molecule has 1 aliphatic rings. The van der Waals surface area contributed by atoms with Crippen LogP contribution in [0.15, 0.2) is 119 Å². The van der Waals surface area contributed by atoms with Crippen molar-refractivity contribution in [2.24, 2.45) is 0 Å². The van der Waals surface area contributed by atoms with Gasteiger partial charge in [-0.3, -0.25) is 0 Å². The quantitative estimate of drug-likeness (QED) is 0.0480. The molecule has 0 nitrogen and oxygen atoms in total. The molecule has 11 rings (SSSR count). The maximum Gasteiger partial charge on any atom is 0.257 e. The lowest BCUT2D eigenvalue weighted by molar-refractivity contribution is 0.382. The SMILES string of the molecule is Fc1c(F)c(F)c(B(c2ccc(-c3ccc4c(c3)Sc3cccc5c3c-4cc3ccc(-c4ccc(B(c6c(F)c(F)c(F)c(F)c6F)c6c(F)c(F)c(F)c(F)c6F)cc4)cc35)cc2)c2c(F)c(F)c(F)c(F)c2F)c(F)c1F. The Balaban J connectivity index is 0.959. The van der Waals surface area contributed by atoms with Crippen LogP contribution in [0.2, 0.25) is 0 Å². The van der Waals surface area contributed by atoms with E-state index in [0.29, 0.717) is 48.9 Å². The highest BCUT2D eigenvalue weighted by molar-refractivity contribution is 7.99. The van der Waals surface area contributed by atoms with E-state index < -0.39 is 163 Å². The van der Waals surface area contributed by atoms with Crippen LogP contribution >= 0.6 is 11.8 Å². The minimum atomic E-state index is -2.77. The summed E-state index contributed by atoms with van der Waals surface area (Å²) in [5, 5.41) is 2.78. The molecule has 0 bridgehead atoms. The number of fused-ring (bicyclic) bond motifs is 4. The molecule has 394 valence electrons. The van der Waals surface area contributed by atoms with Gasteiger partial charge < -0.3 is 0 Å². The lowest BCUT2D eigenvalue weighted by Crippen LogP contribution is -2.58. The van der Waals surface area contributed by atoms with Crippen LogP contribution in [0.25, 0.3) is 54.9 Å². The molecule has 0 atom stereocenters. The van der Waals surface area contributed by atoms with Gasteiger partial charge >= 0.3 is 0 Å². The second kappa shape index (κ2) is 19.3. The van der Waals surface area contributed by atoms with Gasteiger partial charge in [0, 0.05) is 37.0 Å². The van der Waals surface area contributed by atoms with Crippen molar-refractivity contribution in [2.45, 2.75) is 9.79 Å². The molecule has 0 fully saturated rings. The molecule has 1 heterocycles. The topological polar surface area (TPSA) is 0 Å². The van der Waals surface area contributed by atoms with Crippen molar-refractivity contribution in [1.29, 1.82) is 0 Å². The van der Waals surface area contributed by atoms with Crippen LogP contribution in [0, 0.1) is 116 Å². The minimum absolute atomic E-state index is 0.297. The Kier molecular flexibility index (Phi) is 12.9. The van der Waals surface area contributed by atoms with Crippen molar-refractivity contribution in [3.63, 3.8) is 0 Å². The van der Waals surface area contributed by atoms with Gasteiger partial charge in [-0.25, -0.2) is 87.8 Å². The Bertz CT molecular complexity index is 4050. The zero-order valence-corrected chi connectivity index (χ0v) is 39.3. The van der Waals surface area contributed by atoms with Gasteiger partial charge in [-0.15, -0.1) is 0 Å². The summed E-state index contributed by atoms with van der Waals surface area (Å²) in [6, 6.07) is 26.1. The number of rotatable bonds is 8. The predicted molar refractivity (Wildman–Crippen MR) is 256 cm³/mol. The van der Waals surface area contributed by atoms with Crippen LogP contribution in [-0.2, 0) is 0 Å². The molecule has 0 amide bonds. The Hall–Kier alpha value is -8.20. The third-order valence-corrected chi connectivity index (χ3v) is 14.8. The molecule has 10 aromatic carbocycles. The first-order chi connectivity index (χ1) is 37.5. The molecule has 23 heteroatoms. The molecule has 0 saturated heterocycles. The van der Waals surface area contributed by atoms with E-state index in [1.807, 2.05) is 12.1 Å². The smallest absolute Gasteiger partial charge is 0.204 e. The summed E-state index contributed by atoms with van der Waals surface area (Å²) in [5.74, 6) is -51.7. The fourth-order valence-electron chi connectivity index (χ4n) is 9.97. The highest BCUT2D eigenvalue weighted by Crippen LogP contribution is 2.51. The monoisotopic (exact) mass is 1120 g/mol. The fourth-order valence-corrected chi connectivity index (χ4v) is 11.2. The van der Waals surface area contributed by atoms with Gasteiger partial charge in [0.25, 0.3) is 13.4 Å². The van der Waals surface area contributed by atoms with Gasteiger partial charge in [-0.1, -0.05) is 108 Å². The first-order valence-corrected chi connectivity index (χ1v) is 23.4. The summed E-state index contributed by atoms with van der Waals surface area (Å²) < 4.78 is 295. The predicted octanol–water partition coefficient (Wildman–Crippen LogP) is 13.3. The van der Waals surface area contributed by atoms with Gasteiger partial charge in [0.05, 0.1) is 0 Å². The van der Waals surface area contributed by atoms with Crippen molar-refractivity contribution in [1.82, 2.24) is 0 Å². The van der Waals surface area contributed by atoms with E-state index in [1.165, 1.54) is 36.0 Å². The van der Waals surface area contributed by atoms with Gasteiger partial charge in [-0.05, 0) is 73.8 Å². The summed E-state index contributed by atoms with van der Waals surface area (Å²) in [7, 11) is 0. The van der Waals surface area contributed by atoms with Gasteiger partial charge in [0.15, 0.2) is 116 Å². The standard InChI is InChI=1S/C56H18B2F20S/c59-37-33(38(60)46(68)53(75)45(37)67)57(34-39(61)47(69)54(76)48(70)40(34)62)24-11-6-19(7-12-24)21-4-5-23-17-29-26-15-10-22(18-31(26)79-30-3-1-2-27(32(29)30)28(23)16-21)20-8-13-25(14-9-20)58(35-41(63)49(71)55(77)50(72)42(35)64)36-43(65)51(73)56(78)52(74)44(36)66/h1-18H. The summed E-state index contributed by atoms with van der Waals surface area (Å²) in [5.41, 5.74) is -5.95.